The summed E-state index contributed by atoms with van der Waals surface area (Å²) in [5.74, 6) is -0.106. The molecule has 0 aliphatic rings. The second-order valence-electron chi connectivity index (χ2n) is 7.20. The van der Waals surface area contributed by atoms with Crippen LogP contribution in [0.1, 0.15) is 13.8 Å². The Morgan fingerprint density at radius 1 is 1.19 bits per heavy atom. The van der Waals surface area contributed by atoms with Crippen molar-refractivity contribution in [3.63, 3.8) is 0 Å². The van der Waals surface area contributed by atoms with Gasteiger partial charge in [-0.25, -0.2) is 17.9 Å². The topological polar surface area (TPSA) is 120 Å². The van der Waals surface area contributed by atoms with E-state index in [1.54, 1.807) is 28.8 Å². The van der Waals surface area contributed by atoms with Crippen molar-refractivity contribution in [1.82, 2.24) is 14.8 Å². The third kappa shape index (κ3) is 5.90. The van der Waals surface area contributed by atoms with Gasteiger partial charge in [-0.3, -0.25) is 4.79 Å². The highest BCUT2D eigenvalue weighted by Crippen LogP contribution is 2.27. The van der Waals surface area contributed by atoms with Crippen LogP contribution >= 0.6 is 11.8 Å². The maximum absolute atomic E-state index is 14.3. The number of halogens is 1. The minimum atomic E-state index is -3.87. The zero-order valence-corrected chi connectivity index (χ0v) is 18.6. The summed E-state index contributed by atoms with van der Waals surface area (Å²) in [6, 6.07) is 12.0. The summed E-state index contributed by atoms with van der Waals surface area (Å²) in [7, 11) is -3.87. The van der Waals surface area contributed by atoms with Crippen molar-refractivity contribution in [2.24, 2.45) is 11.1 Å². The van der Waals surface area contributed by atoms with E-state index in [2.05, 4.69) is 15.5 Å². The van der Waals surface area contributed by atoms with Crippen molar-refractivity contribution >= 4 is 33.4 Å². The molecular weight excluding hydrogens is 441 g/mol. The van der Waals surface area contributed by atoms with Crippen molar-refractivity contribution in [1.29, 1.82) is 0 Å². The third-order valence-corrected chi connectivity index (χ3v) is 6.04. The Morgan fingerprint density at radius 3 is 2.61 bits per heavy atom. The maximum atomic E-state index is 14.3. The van der Waals surface area contributed by atoms with Crippen molar-refractivity contribution in [2.75, 3.05) is 11.1 Å². The van der Waals surface area contributed by atoms with Gasteiger partial charge in [0.2, 0.25) is 15.9 Å². The molecule has 0 atom stereocenters. The number of hydrogen-bond acceptors (Lipinski definition) is 6. The van der Waals surface area contributed by atoms with Crippen molar-refractivity contribution in [2.45, 2.75) is 30.4 Å². The molecule has 1 amide bonds. The molecule has 3 aromatic rings. The number of amides is 1. The Labute approximate surface area is 184 Å². The van der Waals surface area contributed by atoms with Gasteiger partial charge in [-0.15, -0.1) is 10.2 Å². The van der Waals surface area contributed by atoms with Gasteiger partial charge in [-0.05, 0) is 36.2 Å². The monoisotopic (exact) mass is 463 g/mol. The lowest BCUT2D eigenvalue weighted by Crippen LogP contribution is -2.16. The van der Waals surface area contributed by atoms with Crippen LogP contribution in [0.3, 0.4) is 0 Å². The number of carbonyl (C=O) groups is 1. The lowest BCUT2D eigenvalue weighted by Gasteiger charge is -2.13. The van der Waals surface area contributed by atoms with Gasteiger partial charge in [-0.2, -0.15) is 0 Å². The fourth-order valence-corrected chi connectivity index (χ4v) is 4.15. The number of thioether (sulfide) groups is 1. The molecule has 1 heterocycles. The van der Waals surface area contributed by atoms with Gasteiger partial charge in [0.25, 0.3) is 0 Å². The van der Waals surface area contributed by atoms with Crippen LogP contribution in [0.2, 0.25) is 0 Å². The molecule has 0 bridgehead atoms. The molecule has 0 saturated carbocycles. The number of hydrogen-bond donors (Lipinski definition) is 2. The number of sulfonamides is 1. The molecule has 3 rings (SSSR count). The van der Waals surface area contributed by atoms with Gasteiger partial charge in [0.05, 0.1) is 16.2 Å². The van der Waals surface area contributed by atoms with E-state index < -0.39 is 15.8 Å². The Hall–Kier alpha value is -2.76. The second kappa shape index (κ2) is 9.58. The average molecular weight is 464 g/mol. The van der Waals surface area contributed by atoms with E-state index in [-0.39, 0.29) is 22.5 Å². The summed E-state index contributed by atoms with van der Waals surface area (Å²) in [5.41, 5.74) is 0.652. The highest BCUT2D eigenvalue weighted by Gasteiger charge is 2.19. The van der Waals surface area contributed by atoms with Crippen molar-refractivity contribution in [3.8, 4) is 11.4 Å². The van der Waals surface area contributed by atoms with E-state index in [1.165, 1.54) is 24.3 Å². The first-order chi connectivity index (χ1) is 14.6. The van der Waals surface area contributed by atoms with Crippen LogP contribution in [0.5, 0.6) is 0 Å². The molecule has 0 radical (unpaired) electrons. The fraction of sp³-hybridized carbons (Fsp3) is 0.250. The van der Waals surface area contributed by atoms with Gasteiger partial charge >= 0.3 is 0 Å². The first kappa shape index (κ1) is 22.9. The van der Waals surface area contributed by atoms with Gasteiger partial charge in [0.1, 0.15) is 5.82 Å². The highest BCUT2D eigenvalue weighted by atomic mass is 32.2. The number of benzene rings is 2. The average Bonchev–Trinajstić information content (AvgIpc) is 3.08. The first-order valence-electron chi connectivity index (χ1n) is 9.38. The highest BCUT2D eigenvalue weighted by molar-refractivity contribution is 7.99. The van der Waals surface area contributed by atoms with Gasteiger partial charge in [0.15, 0.2) is 11.0 Å². The third-order valence-electron chi connectivity index (χ3n) is 4.16. The van der Waals surface area contributed by atoms with Gasteiger partial charge < -0.3 is 9.88 Å². The molecule has 0 fully saturated rings. The number of aromatic nitrogens is 3. The molecule has 0 unspecified atom stereocenters. The molecule has 0 spiro atoms. The van der Waals surface area contributed by atoms with E-state index in [0.717, 1.165) is 11.8 Å². The van der Waals surface area contributed by atoms with Crippen molar-refractivity contribution < 1.29 is 17.6 Å². The van der Waals surface area contributed by atoms with E-state index in [0.29, 0.717) is 28.8 Å². The van der Waals surface area contributed by atoms with Crippen LogP contribution in [0.4, 0.5) is 10.1 Å². The molecule has 31 heavy (non-hydrogen) atoms. The molecule has 0 aliphatic heterocycles. The minimum Gasteiger partial charge on any atom is -0.325 e. The smallest absolute Gasteiger partial charge is 0.238 e. The number of nitrogens with two attached hydrogens (primary N) is 1. The summed E-state index contributed by atoms with van der Waals surface area (Å²) < 4.78 is 39.0. The van der Waals surface area contributed by atoms with E-state index in [4.69, 9.17) is 5.14 Å². The van der Waals surface area contributed by atoms with Crippen molar-refractivity contribution in [3.05, 3.63) is 54.3 Å². The minimum absolute atomic E-state index is 0.00705. The predicted octanol–water partition coefficient (Wildman–Crippen LogP) is 3.12. The molecule has 2 aromatic carbocycles. The fourth-order valence-electron chi connectivity index (χ4n) is 2.85. The quantitative estimate of drug-likeness (QED) is 0.495. The number of nitrogens with zero attached hydrogens (tertiary/aromatic N) is 3. The predicted molar refractivity (Wildman–Crippen MR) is 117 cm³/mol. The maximum Gasteiger partial charge on any atom is 0.238 e. The molecular formula is C20H22FN5O3S2. The number of nitrogens with one attached hydrogen (secondary N) is 1. The van der Waals surface area contributed by atoms with Gasteiger partial charge in [0, 0.05) is 12.2 Å². The number of carbonyl (C=O) groups excluding carboxylic acids is 1. The molecule has 8 nitrogen and oxygen atoms in total. The van der Waals surface area contributed by atoms with Crippen LogP contribution in [-0.2, 0) is 21.4 Å². The Bertz CT molecular complexity index is 1200. The molecule has 1 aromatic heterocycles. The Morgan fingerprint density at radius 2 is 1.94 bits per heavy atom. The molecule has 11 heteroatoms. The lowest BCUT2D eigenvalue weighted by atomic mass is 10.2. The zero-order valence-electron chi connectivity index (χ0n) is 16.9. The summed E-state index contributed by atoms with van der Waals surface area (Å²) in [4.78, 5) is 12.3. The zero-order chi connectivity index (χ0) is 22.6. The number of anilines is 1. The second-order valence-corrected chi connectivity index (χ2v) is 9.70. The SMILES string of the molecule is CC(C)Cn1c(SCC(=O)Nc2cccc(S(N)(=O)=O)c2)nnc1-c1ccccc1F. The summed E-state index contributed by atoms with van der Waals surface area (Å²) in [6.45, 7) is 4.59. The largest absolute Gasteiger partial charge is 0.325 e. The van der Waals surface area contributed by atoms with Crippen LogP contribution in [0, 0.1) is 11.7 Å². The summed E-state index contributed by atoms with van der Waals surface area (Å²) in [6.07, 6.45) is 0. The number of primary sulfonamides is 1. The molecule has 3 N–H and O–H groups in total. The Balaban J connectivity index is 1.76. The standard InChI is InChI=1S/C20H22FN5O3S2/c1-13(2)11-26-19(16-8-3-4-9-17(16)21)24-25-20(26)30-12-18(27)23-14-6-5-7-15(10-14)31(22,28)29/h3-10,13H,11-12H2,1-2H3,(H,23,27)(H2,22,28,29). The molecule has 0 saturated heterocycles. The summed E-state index contributed by atoms with van der Waals surface area (Å²) >= 11 is 1.16. The Kier molecular flexibility index (Phi) is 7.08. The lowest BCUT2D eigenvalue weighted by molar-refractivity contribution is -0.113. The van der Waals surface area contributed by atoms with Crippen LogP contribution in [0.25, 0.3) is 11.4 Å². The molecule has 164 valence electrons. The van der Waals surface area contributed by atoms with Crippen LogP contribution < -0.4 is 10.5 Å². The van der Waals surface area contributed by atoms with Crippen LogP contribution in [-0.4, -0.2) is 34.8 Å². The normalized spacial score (nSPS) is 11.6. The molecule has 0 aliphatic carbocycles. The van der Waals surface area contributed by atoms with E-state index >= 15 is 0 Å². The van der Waals surface area contributed by atoms with Crippen LogP contribution in [0.15, 0.2) is 58.6 Å². The van der Waals surface area contributed by atoms with Gasteiger partial charge in [-0.1, -0.05) is 43.8 Å². The van der Waals surface area contributed by atoms with E-state index in [1.807, 2.05) is 13.8 Å². The van der Waals surface area contributed by atoms with E-state index in [9.17, 15) is 17.6 Å². The first-order valence-corrected chi connectivity index (χ1v) is 11.9. The number of rotatable bonds is 8. The summed E-state index contributed by atoms with van der Waals surface area (Å²) in [5, 5.41) is 16.5.